The Morgan fingerprint density at radius 3 is 2.05 bits per heavy atom. The highest BCUT2D eigenvalue weighted by Gasteiger charge is 2.34. The molecule has 0 atom stereocenters. The Bertz CT molecular complexity index is 392. The number of amides is 1. The number of hydrogen-bond donors (Lipinski definition) is 1. The first-order valence-corrected chi connectivity index (χ1v) is 8.87. The van der Waals surface area contributed by atoms with Crippen molar-refractivity contribution in [3.8, 4) is 0 Å². The van der Waals surface area contributed by atoms with E-state index in [1.165, 1.54) is 4.90 Å². The summed E-state index contributed by atoms with van der Waals surface area (Å²) in [6, 6.07) is 10.5. The number of carbonyl (C=O) groups is 1. The molecule has 0 aromatic heterocycles. The van der Waals surface area contributed by atoms with E-state index >= 15 is 0 Å². The van der Waals surface area contributed by atoms with E-state index in [1.54, 1.807) is 0 Å². The van der Waals surface area contributed by atoms with Crippen LogP contribution in [-0.4, -0.2) is 16.4 Å². The second-order valence-electron chi connectivity index (χ2n) is 5.40. The van der Waals surface area contributed by atoms with Crippen LogP contribution in [0.2, 0.25) is 0 Å². The minimum Gasteiger partial charge on any atom is -0.314 e. The van der Waals surface area contributed by atoms with E-state index in [9.17, 15) is 4.79 Å². The van der Waals surface area contributed by atoms with E-state index in [0.29, 0.717) is 16.9 Å². The van der Waals surface area contributed by atoms with E-state index in [2.05, 4.69) is 56.7 Å². The Balaban J connectivity index is 3.19. The third kappa shape index (κ3) is 3.53. The SMILES string of the molecule is CCCC(=O)NS(c1ccccc1)(C(C)C)C(C)C. The van der Waals surface area contributed by atoms with Gasteiger partial charge in [0.15, 0.2) is 0 Å². The van der Waals surface area contributed by atoms with Crippen molar-refractivity contribution in [2.75, 3.05) is 0 Å². The minimum absolute atomic E-state index is 0.184. The molecule has 0 bridgehead atoms. The molecule has 1 aromatic carbocycles. The second kappa shape index (κ2) is 6.99. The number of benzene rings is 1. The lowest BCUT2D eigenvalue weighted by Gasteiger charge is -2.48. The standard InChI is InChI=1S/C16H27NOS/c1-6-10-16(18)17-19(13(2)3,14(4)5)15-11-8-7-9-12-15/h7-9,11-14H,6,10H2,1-5H3,(H,17,18). The Hall–Kier alpha value is -0.960. The molecule has 1 amide bonds. The first-order chi connectivity index (χ1) is 8.95. The molecule has 1 N–H and O–H groups in total. The number of carbonyl (C=O) groups excluding carboxylic acids is 1. The highest BCUT2D eigenvalue weighted by Crippen LogP contribution is 2.59. The fourth-order valence-electron chi connectivity index (χ4n) is 2.50. The summed E-state index contributed by atoms with van der Waals surface area (Å²) in [6.45, 7) is 10.9. The summed E-state index contributed by atoms with van der Waals surface area (Å²) >= 11 is 0. The maximum absolute atomic E-state index is 12.2. The van der Waals surface area contributed by atoms with E-state index in [-0.39, 0.29) is 5.91 Å². The van der Waals surface area contributed by atoms with Gasteiger partial charge in [0, 0.05) is 21.8 Å². The van der Waals surface area contributed by atoms with Crippen molar-refractivity contribution < 1.29 is 4.79 Å². The molecule has 0 saturated heterocycles. The molecule has 3 heteroatoms. The third-order valence-electron chi connectivity index (χ3n) is 3.38. The van der Waals surface area contributed by atoms with Gasteiger partial charge in [-0.1, -0.05) is 52.8 Å². The van der Waals surface area contributed by atoms with Crippen LogP contribution in [0.15, 0.2) is 35.2 Å². The largest absolute Gasteiger partial charge is 0.314 e. The molecule has 1 aromatic rings. The lowest BCUT2D eigenvalue weighted by Crippen LogP contribution is -2.37. The molecule has 2 nitrogen and oxygen atoms in total. The van der Waals surface area contributed by atoms with Crippen LogP contribution in [0.3, 0.4) is 0 Å². The van der Waals surface area contributed by atoms with Gasteiger partial charge in [-0.2, -0.15) is 0 Å². The van der Waals surface area contributed by atoms with Crippen LogP contribution in [0.25, 0.3) is 0 Å². The first-order valence-electron chi connectivity index (χ1n) is 7.11. The molecule has 19 heavy (non-hydrogen) atoms. The maximum Gasteiger partial charge on any atom is 0.228 e. The fourth-order valence-corrected chi connectivity index (χ4v) is 6.35. The van der Waals surface area contributed by atoms with Crippen molar-refractivity contribution in [3.05, 3.63) is 30.3 Å². The average Bonchev–Trinajstić information content (AvgIpc) is 2.36. The van der Waals surface area contributed by atoms with Crippen LogP contribution in [-0.2, 0) is 4.79 Å². The smallest absolute Gasteiger partial charge is 0.228 e. The zero-order valence-electron chi connectivity index (χ0n) is 12.8. The normalized spacial score (nSPS) is 12.8. The highest BCUT2D eigenvalue weighted by atomic mass is 32.3. The van der Waals surface area contributed by atoms with Gasteiger partial charge >= 0.3 is 0 Å². The molecule has 108 valence electrons. The van der Waals surface area contributed by atoms with Gasteiger partial charge in [0.1, 0.15) is 0 Å². The molecule has 0 aliphatic carbocycles. The lowest BCUT2D eigenvalue weighted by molar-refractivity contribution is -0.119. The van der Waals surface area contributed by atoms with Crippen LogP contribution in [0.4, 0.5) is 0 Å². The summed E-state index contributed by atoms with van der Waals surface area (Å²) in [7, 11) is -1.33. The zero-order valence-corrected chi connectivity index (χ0v) is 13.6. The summed E-state index contributed by atoms with van der Waals surface area (Å²) < 4.78 is 3.39. The Kier molecular flexibility index (Phi) is 5.92. The van der Waals surface area contributed by atoms with E-state index in [4.69, 9.17) is 0 Å². The van der Waals surface area contributed by atoms with Crippen molar-refractivity contribution in [2.45, 2.75) is 62.9 Å². The highest BCUT2D eigenvalue weighted by molar-refractivity contribution is 8.33. The summed E-state index contributed by atoms with van der Waals surface area (Å²) in [5.74, 6) is 0.184. The number of nitrogens with one attached hydrogen (secondary N) is 1. The lowest BCUT2D eigenvalue weighted by atomic mass is 10.3. The summed E-state index contributed by atoms with van der Waals surface area (Å²) in [5, 5.41) is 0.853. The molecular formula is C16H27NOS. The van der Waals surface area contributed by atoms with Gasteiger partial charge in [-0.25, -0.2) is 0 Å². The molecule has 1 rings (SSSR count). The third-order valence-corrected chi connectivity index (χ3v) is 7.97. The molecule has 0 radical (unpaired) electrons. The summed E-state index contributed by atoms with van der Waals surface area (Å²) in [6.07, 6.45) is 1.51. The van der Waals surface area contributed by atoms with Gasteiger partial charge in [-0.05, 0) is 18.6 Å². The van der Waals surface area contributed by atoms with Gasteiger partial charge in [0.25, 0.3) is 0 Å². The number of hydrogen-bond acceptors (Lipinski definition) is 1. The van der Waals surface area contributed by atoms with Crippen molar-refractivity contribution in [3.63, 3.8) is 0 Å². The van der Waals surface area contributed by atoms with Crippen LogP contribution in [0.1, 0.15) is 47.5 Å². The second-order valence-corrected chi connectivity index (χ2v) is 9.38. The molecular weight excluding hydrogens is 254 g/mol. The average molecular weight is 281 g/mol. The summed E-state index contributed by atoms with van der Waals surface area (Å²) in [4.78, 5) is 13.4. The van der Waals surface area contributed by atoms with Gasteiger partial charge in [0.2, 0.25) is 5.91 Å². The van der Waals surface area contributed by atoms with Gasteiger partial charge < -0.3 is 4.72 Å². The van der Waals surface area contributed by atoms with Crippen molar-refractivity contribution >= 4 is 16.1 Å². The topological polar surface area (TPSA) is 29.1 Å². The molecule has 0 aliphatic heterocycles. The molecule has 0 spiro atoms. The monoisotopic (exact) mass is 281 g/mol. The van der Waals surface area contributed by atoms with Crippen molar-refractivity contribution in [2.24, 2.45) is 0 Å². The summed E-state index contributed by atoms with van der Waals surface area (Å²) in [5.41, 5.74) is 0. The molecule has 0 fully saturated rings. The molecule has 0 saturated carbocycles. The number of rotatable bonds is 6. The molecule has 0 unspecified atom stereocenters. The van der Waals surface area contributed by atoms with Gasteiger partial charge in [0.05, 0.1) is 0 Å². The quantitative estimate of drug-likeness (QED) is 0.817. The van der Waals surface area contributed by atoms with Crippen LogP contribution < -0.4 is 4.72 Å². The predicted octanol–water partition coefficient (Wildman–Crippen LogP) is 4.50. The van der Waals surface area contributed by atoms with Crippen LogP contribution in [0, 0.1) is 0 Å². The van der Waals surface area contributed by atoms with Gasteiger partial charge in [-0.3, -0.25) is 4.79 Å². The predicted molar refractivity (Wildman–Crippen MR) is 85.6 cm³/mol. The Morgan fingerprint density at radius 1 is 1.11 bits per heavy atom. The van der Waals surface area contributed by atoms with Crippen molar-refractivity contribution in [1.82, 2.24) is 4.72 Å². The van der Waals surface area contributed by atoms with Gasteiger partial charge in [-0.15, -0.1) is 10.2 Å². The van der Waals surface area contributed by atoms with Crippen LogP contribution >= 0.6 is 10.2 Å². The zero-order chi connectivity index (χ0) is 14.5. The Morgan fingerprint density at radius 2 is 1.63 bits per heavy atom. The fraction of sp³-hybridized carbons (Fsp3) is 0.562. The minimum atomic E-state index is -1.33. The van der Waals surface area contributed by atoms with E-state index in [1.807, 2.05) is 13.0 Å². The van der Waals surface area contributed by atoms with E-state index in [0.717, 1.165) is 6.42 Å². The van der Waals surface area contributed by atoms with E-state index < -0.39 is 10.2 Å². The van der Waals surface area contributed by atoms with Crippen molar-refractivity contribution in [1.29, 1.82) is 0 Å². The maximum atomic E-state index is 12.2. The van der Waals surface area contributed by atoms with Crippen LogP contribution in [0.5, 0.6) is 0 Å². The Labute approximate surface area is 119 Å². The first kappa shape index (κ1) is 16.1. The molecule has 0 aliphatic rings. The molecule has 0 heterocycles.